The fourth-order valence-corrected chi connectivity index (χ4v) is 1.60. The molecular weight excluding hydrogens is 260 g/mol. The van der Waals surface area contributed by atoms with Crippen LogP contribution in [0.3, 0.4) is 0 Å². The number of carboxylic acid groups (broad SMARTS) is 1. The van der Waals surface area contributed by atoms with Crippen molar-refractivity contribution in [2.45, 2.75) is 13.8 Å². The summed E-state index contributed by atoms with van der Waals surface area (Å²) in [6.07, 6.45) is 1.36. The zero-order chi connectivity index (χ0) is 15.1. The van der Waals surface area contributed by atoms with Crippen LogP contribution in [-0.2, 0) is 4.79 Å². The molecule has 0 atom stereocenters. The third-order valence-electron chi connectivity index (χ3n) is 2.52. The van der Waals surface area contributed by atoms with Crippen molar-refractivity contribution in [3.8, 4) is 5.75 Å². The molecule has 1 N–H and O–H groups in total. The molecule has 1 aromatic rings. The van der Waals surface area contributed by atoms with E-state index in [9.17, 15) is 9.59 Å². The molecule has 20 heavy (non-hydrogen) atoms. The summed E-state index contributed by atoms with van der Waals surface area (Å²) in [4.78, 5) is 28.2. The molecule has 0 aromatic carbocycles. The molecule has 6 heteroatoms. The van der Waals surface area contributed by atoms with Gasteiger partial charge in [-0.2, -0.15) is 0 Å². The van der Waals surface area contributed by atoms with E-state index in [2.05, 4.69) is 11.6 Å². The molecular formula is C14H18N2O4. The number of carbonyl (C=O) groups excluding carboxylic acids is 1. The first-order valence-corrected chi connectivity index (χ1v) is 6.19. The van der Waals surface area contributed by atoms with Crippen molar-refractivity contribution >= 4 is 11.9 Å². The van der Waals surface area contributed by atoms with Gasteiger partial charge in [0, 0.05) is 19.3 Å². The lowest BCUT2D eigenvalue weighted by Crippen LogP contribution is -2.36. The standard InChI is InChI=1S/C14H18N2O4/c1-4-16(8-10(2)3)12(17)9-20-11-6-5-7-15-13(11)14(18)19/h5-7H,2,4,8-9H2,1,3H3,(H,18,19). The van der Waals surface area contributed by atoms with Gasteiger partial charge in [0.05, 0.1) is 0 Å². The zero-order valence-electron chi connectivity index (χ0n) is 11.6. The SMILES string of the molecule is C=C(C)CN(CC)C(=O)COc1cccnc1C(=O)O. The highest BCUT2D eigenvalue weighted by atomic mass is 16.5. The van der Waals surface area contributed by atoms with Crippen molar-refractivity contribution in [1.82, 2.24) is 9.88 Å². The maximum absolute atomic E-state index is 12.0. The molecule has 0 fully saturated rings. The minimum absolute atomic E-state index is 0.0831. The Labute approximate surface area is 117 Å². The molecule has 0 unspecified atom stereocenters. The Morgan fingerprint density at radius 2 is 2.20 bits per heavy atom. The summed E-state index contributed by atoms with van der Waals surface area (Å²) >= 11 is 0. The van der Waals surface area contributed by atoms with Crippen LogP contribution in [0.1, 0.15) is 24.3 Å². The Balaban J connectivity index is 2.69. The highest BCUT2D eigenvalue weighted by Crippen LogP contribution is 2.15. The van der Waals surface area contributed by atoms with Gasteiger partial charge in [-0.05, 0) is 26.0 Å². The Morgan fingerprint density at radius 3 is 2.75 bits per heavy atom. The molecule has 0 saturated heterocycles. The Hall–Kier alpha value is -2.37. The first-order valence-electron chi connectivity index (χ1n) is 6.19. The normalized spacial score (nSPS) is 9.90. The van der Waals surface area contributed by atoms with Crippen LogP contribution in [0.2, 0.25) is 0 Å². The summed E-state index contributed by atoms with van der Waals surface area (Å²) < 4.78 is 5.26. The minimum atomic E-state index is -1.19. The third kappa shape index (κ3) is 4.38. The Bertz CT molecular complexity index is 514. The van der Waals surface area contributed by atoms with E-state index in [1.807, 2.05) is 13.8 Å². The lowest BCUT2D eigenvalue weighted by atomic mass is 10.3. The zero-order valence-corrected chi connectivity index (χ0v) is 11.6. The summed E-state index contributed by atoms with van der Waals surface area (Å²) in [5, 5.41) is 8.96. The number of likely N-dealkylation sites (N-methyl/N-ethyl adjacent to an activating group) is 1. The van der Waals surface area contributed by atoms with Crippen molar-refractivity contribution in [3.05, 3.63) is 36.2 Å². The Kier molecular flexibility index (Phi) is 5.71. The molecule has 1 heterocycles. The van der Waals surface area contributed by atoms with Gasteiger partial charge in [0.15, 0.2) is 18.1 Å². The van der Waals surface area contributed by atoms with Gasteiger partial charge in [0.2, 0.25) is 0 Å². The average molecular weight is 278 g/mol. The lowest BCUT2D eigenvalue weighted by molar-refractivity contribution is -0.132. The van der Waals surface area contributed by atoms with Crippen LogP contribution in [0.25, 0.3) is 0 Å². The van der Waals surface area contributed by atoms with Gasteiger partial charge in [-0.1, -0.05) is 12.2 Å². The van der Waals surface area contributed by atoms with Gasteiger partial charge < -0.3 is 14.7 Å². The number of carbonyl (C=O) groups is 2. The van der Waals surface area contributed by atoms with Crippen molar-refractivity contribution < 1.29 is 19.4 Å². The van der Waals surface area contributed by atoms with E-state index >= 15 is 0 Å². The summed E-state index contributed by atoms with van der Waals surface area (Å²) in [6, 6.07) is 3.02. The topological polar surface area (TPSA) is 79.7 Å². The Morgan fingerprint density at radius 1 is 1.50 bits per heavy atom. The van der Waals surface area contributed by atoms with Crippen molar-refractivity contribution in [2.24, 2.45) is 0 Å². The van der Waals surface area contributed by atoms with Gasteiger partial charge in [0.25, 0.3) is 5.91 Å². The number of aromatic nitrogens is 1. The molecule has 6 nitrogen and oxygen atoms in total. The molecule has 0 aliphatic carbocycles. The van der Waals surface area contributed by atoms with E-state index < -0.39 is 5.97 Å². The summed E-state index contributed by atoms with van der Waals surface area (Å²) in [7, 11) is 0. The monoisotopic (exact) mass is 278 g/mol. The van der Waals surface area contributed by atoms with Crippen LogP contribution in [0.15, 0.2) is 30.5 Å². The first-order chi connectivity index (χ1) is 9.45. The largest absolute Gasteiger partial charge is 0.481 e. The number of aromatic carboxylic acids is 1. The fourth-order valence-electron chi connectivity index (χ4n) is 1.60. The fraction of sp³-hybridized carbons (Fsp3) is 0.357. The molecule has 0 saturated carbocycles. The van der Waals surface area contributed by atoms with Gasteiger partial charge in [0.1, 0.15) is 0 Å². The number of amides is 1. The number of carboxylic acids is 1. The number of ether oxygens (including phenoxy) is 1. The van der Waals surface area contributed by atoms with E-state index in [1.165, 1.54) is 12.3 Å². The molecule has 1 aromatic heterocycles. The highest BCUT2D eigenvalue weighted by molar-refractivity contribution is 5.88. The van der Waals surface area contributed by atoms with Crippen LogP contribution >= 0.6 is 0 Å². The van der Waals surface area contributed by atoms with Crippen molar-refractivity contribution in [1.29, 1.82) is 0 Å². The van der Waals surface area contributed by atoms with Crippen LogP contribution in [0.4, 0.5) is 0 Å². The summed E-state index contributed by atoms with van der Waals surface area (Å²) in [5.74, 6) is -1.34. The van der Waals surface area contributed by atoms with Crippen LogP contribution in [0, 0.1) is 0 Å². The predicted molar refractivity (Wildman–Crippen MR) is 73.8 cm³/mol. The van der Waals surface area contributed by atoms with Gasteiger partial charge in [-0.25, -0.2) is 9.78 Å². The number of rotatable bonds is 7. The number of hydrogen-bond acceptors (Lipinski definition) is 4. The second-order valence-electron chi connectivity index (χ2n) is 4.31. The van der Waals surface area contributed by atoms with Gasteiger partial charge in [-0.15, -0.1) is 0 Å². The molecule has 1 amide bonds. The van der Waals surface area contributed by atoms with E-state index in [0.717, 1.165) is 5.57 Å². The van der Waals surface area contributed by atoms with Crippen molar-refractivity contribution in [2.75, 3.05) is 19.7 Å². The van der Waals surface area contributed by atoms with E-state index in [-0.39, 0.29) is 24.0 Å². The van der Waals surface area contributed by atoms with E-state index in [4.69, 9.17) is 9.84 Å². The van der Waals surface area contributed by atoms with E-state index in [0.29, 0.717) is 13.1 Å². The van der Waals surface area contributed by atoms with Gasteiger partial charge in [-0.3, -0.25) is 4.79 Å². The lowest BCUT2D eigenvalue weighted by Gasteiger charge is -2.21. The quantitative estimate of drug-likeness (QED) is 0.766. The highest BCUT2D eigenvalue weighted by Gasteiger charge is 2.16. The molecule has 0 radical (unpaired) electrons. The van der Waals surface area contributed by atoms with Gasteiger partial charge >= 0.3 is 5.97 Å². The first kappa shape index (κ1) is 15.7. The maximum atomic E-state index is 12.0. The number of hydrogen-bond donors (Lipinski definition) is 1. The molecule has 0 spiro atoms. The van der Waals surface area contributed by atoms with Crippen LogP contribution < -0.4 is 4.74 Å². The number of nitrogens with zero attached hydrogens (tertiary/aromatic N) is 2. The molecule has 1 rings (SSSR count). The van der Waals surface area contributed by atoms with Crippen LogP contribution in [0.5, 0.6) is 5.75 Å². The molecule has 0 aliphatic rings. The predicted octanol–water partition coefficient (Wildman–Crippen LogP) is 1.58. The third-order valence-corrected chi connectivity index (χ3v) is 2.52. The smallest absolute Gasteiger partial charge is 0.358 e. The molecule has 108 valence electrons. The van der Waals surface area contributed by atoms with Crippen LogP contribution in [-0.4, -0.2) is 46.6 Å². The molecule has 0 bridgehead atoms. The minimum Gasteiger partial charge on any atom is -0.481 e. The summed E-state index contributed by atoms with van der Waals surface area (Å²) in [6.45, 7) is 8.21. The second-order valence-corrected chi connectivity index (χ2v) is 4.31. The average Bonchev–Trinajstić information content (AvgIpc) is 2.42. The second kappa shape index (κ2) is 7.28. The van der Waals surface area contributed by atoms with Crippen molar-refractivity contribution in [3.63, 3.8) is 0 Å². The maximum Gasteiger partial charge on any atom is 0.358 e. The molecule has 0 aliphatic heterocycles. The van der Waals surface area contributed by atoms with E-state index in [1.54, 1.807) is 11.0 Å². The number of pyridine rings is 1. The summed E-state index contributed by atoms with van der Waals surface area (Å²) in [5.41, 5.74) is 0.663.